The van der Waals surface area contributed by atoms with Gasteiger partial charge in [0.1, 0.15) is 6.10 Å². The standard InChI is InChI=1S/C11H12F4O3/c1-17-7-4-3-6(5-8(7)18-2)9(16)11(14,15)10(12)13/h3-5,9-10,16H,1-2H3. The van der Waals surface area contributed by atoms with Gasteiger partial charge >= 0.3 is 12.3 Å². The van der Waals surface area contributed by atoms with Crippen LogP contribution in [0.1, 0.15) is 11.7 Å². The Morgan fingerprint density at radius 1 is 1.11 bits per heavy atom. The van der Waals surface area contributed by atoms with Crippen LogP contribution in [0.15, 0.2) is 18.2 Å². The first kappa shape index (κ1) is 14.6. The molecule has 0 aliphatic heterocycles. The van der Waals surface area contributed by atoms with Crippen molar-refractivity contribution in [2.75, 3.05) is 14.2 Å². The zero-order valence-corrected chi connectivity index (χ0v) is 9.66. The highest BCUT2D eigenvalue weighted by Crippen LogP contribution is 2.39. The fraction of sp³-hybridized carbons (Fsp3) is 0.455. The lowest BCUT2D eigenvalue weighted by Crippen LogP contribution is -2.34. The Morgan fingerprint density at radius 3 is 2.11 bits per heavy atom. The van der Waals surface area contributed by atoms with Crippen molar-refractivity contribution in [3.05, 3.63) is 23.8 Å². The molecule has 0 saturated carbocycles. The minimum atomic E-state index is -4.53. The average molecular weight is 268 g/mol. The summed E-state index contributed by atoms with van der Waals surface area (Å²) in [5.41, 5.74) is -0.377. The SMILES string of the molecule is COc1ccc(C(O)C(F)(F)C(F)F)cc1OC. The van der Waals surface area contributed by atoms with Gasteiger partial charge in [0.25, 0.3) is 0 Å². The maximum Gasteiger partial charge on any atom is 0.336 e. The van der Waals surface area contributed by atoms with Crippen molar-refractivity contribution in [2.45, 2.75) is 18.5 Å². The first-order valence-electron chi connectivity index (χ1n) is 4.90. The molecule has 0 heterocycles. The van der Waals surface area contributed by atoms with Crippen molar-refractivity contribution < 1.29 is 32.1 Å². The summed E-state index contributed by atoms with van der Waals surface area (Å²) >= 11 is 0. The van der Waals surface area contributed by atoms with Crippen LogP contribution in [0, 0.1) is 0 Å². The summed E-state index contributed by atoms with van der Waals surface area (Å²) in [6, 6.07) is 3.35. The summed E-state index contributed by atoms with van der Waals surface area (Å²) in [4.78, 5) is 0. The topological polar surface area (TPSA) is 38.7 Å². The van der Waals surface area contributed by atoms with Crippen LogP contribution >= 0.6 is 0 Å². The highest BCUT2D eigenvalue weighted by Gasteiger charge is 2.48. The fourth-order valence-corrected chi connectivity index (χ4v) is 1.36. The predicted molar refractivity (Wildman–Crippen MR) is 55.5 cm³/mol. The van der Waals surface area contributed by atoms with E-state index in [-0.39, 0.29) is 17.1 Å². The van der Waals surface area contributed by atoms with Crippen molar-refractivity contribution in [1.29, 1.82) is 0 Å². The van der Waals surface area contributed by atoms with Gasteiger partial charge in [-0.3, -0.25) is 0 Å². The average Bonchev–Trinajstić information content (AvgIpc) is 2.36. The Kier molecular flexibility index (Phi) is 4.39. The summed E-state index contributed by atoms with van der Waals surface area (Å²) in [6.07, 6.45) is -6.57. The van der Waals surface area contributed by atoms with E-state index < -0.39 is 18.5 Å². The van der Waals surface area contributed by atoms with Crippen LogP contribution in [0.5, 0.6) is 11.5 Å². The van der Waals surface area contributed by atoms with E-state index in [4.69, 9.17) is 9.47 Å². The zero-order valence-electron chi connectivity index (χ0n) is 9.66. The van der Waals surface area contributed by atoms with Gasteiger partial charge in [-0.05, 0) is 17.7 Å². The molecule has 7 heteroatoms. The molecular weight excluding hydrogens is 256 g/mol. The molecule has 0 aliphatic rings. The van der Waals surface area contributed by atoms with Crippen LogP contribution in [0.2, 0.25) is 0 Å². The van der Waals surface area contributed by atoms with E-state index in [9.17, 15) is 22.7 Å². The molecule has 0 fully saturated rings. The monoisotopic (exact) mass is 268 g/mol. The van der Waals surface area contributed by atoms with E-state index >= 15 is 0 Å². The molecule has 3 nitrogen and oxygen atoms in total. The van der Waals surface area contributed by atoms with Gasteiger partial charge < -0.3 is 14.6 Å². The number of aliphatic hydroxyl groups is 1. The largest absolute Gasteiger partial charge is 0.493 e. The summed E-state index contributed by atoms with van der Waals surface area (Å²) in [5.74, 6) is -4.22. The summed E-state index contributed by atoms with van der Waals surface area (Å²) in [5, 5.41) is 9.28. The number of hydrogen-bond acceptors (Lipinski definition) is 3. The van der Waals surface area contributed by atoms with Crippen molar-refractivity contribution in [1.82, 2.24) is 0 Å². The molecule has 0 aliphatic carbocycles. The summed E-state index contributed by atoms with van der Waals surface area (Å²) in [6.45, 7) is 0. The van der Waals surface area contributed by atoms with Crippen molar-refractivity contribution >= 4 is 0 Å². The molecule has 1 aromatic rings. The molecule has 0 radical (unpaired) electrons. The van der Waals surface area contributed by atoms with Gasteiger partial charge in [-0.15, -0.1) is 0 Å². The lowest BCUT2D eigenvalue weighted by atomic mass is 10.0. The Morgan fingerprint density at radius 2 is 1.67 bits per heavy atom. The van der Waals surface area contributed by atoms with E-state index in [0.29, 0.717) is 0 Å². The second-order valence-electron chi connectivity index (χ2n) is 3.49. The van der Waals surface area contributed by atoms with Gasteiger partial charge in [-0.1, -0.05) is 6.07 Å². The molecule has 1 aromatic carbocycles. The lowest BCUT2D eigenvalue weighted by molar-refractivity contribution is -0.193. The van der Waals surface area contributed by atoms with E-state index in [1.54, 1.807) is 0 Å². The van der Waals surface area contributed by atoms with E-state index in [1.807, 2.05) is 0 Å². The van der Waals surface area contributed by atoms with Crippen molar-refractivity contribution in [3.8, 4) is 11.5 Å². The van der Waals surface area contributed by atoms with E-state index in [1.165, 1.54) is 20.3 Å². The van der Waals surface area contributed by atoms with Crippen LogP contribution in [-0.4, -0.2) is 31.7 Å². The van der Waals surface area contributed by atoms with Crippen LogP contribution in [0.25, 0.3) is 0 Å². The highest BCUT2D eigenvalue weighted by atomic mass is 19.3. The molecule has 0 aromatic heterocycles. The Hall–Kier alpha value is -1.50. The number of benzene rings is 1. The Labute approximate surface area is 101 Å². The van der Waals surface area contributed by atoms with Crippen LogP contribution in [0.4, 0.5) is 17.6 Å². The van der Waals surface area contributed by atoms with Gasteiger partial charge in [0.15, 0.2) is 11.5 Å². The van der Waals surface area contributed by atoms with E-state index in [2.05, 4.69) is 0 Å². The molecule has 1 unspecified atom stereocenters. The Bertz CT molecular complexity index is 409. The van der Waals surface area contributed by atoms with E-state index in [0.717, 1.165) is 12.1 Å². The number of hydrogen-bond donors (Lipinski definition) is 1. The van der Waals surface area contributed by atoms with Crippen LogP contribution in [0.3, 0.4) is 0 Å². The van der Waals surface area contributed by atoms with Gasteiger partial charge in [0.2, 0.25) is 0 Å². The number of ether oxygens (including phenoxy) is 2. The van der Waals surface area contributed by atoms with Crippen molar-refractivity contribution in [3.63, 3.8) is 0 Å². The quantitative estimate of drug-likeness (QED) is 0.834. The molecule has 18 heavy (non-hydrogen) atoms. The van der Waals surface area contributed by atoms with Crippen LogP contribution in [-0.2, 0) is 0 Å². The maximum atomic E-state index is 13.0. The molecule has 0 amide bonds. The van der Waals surface area contributed by atoms with Gasteiger partial charge in [0, 0.05) is 0 Å². The fourth-order valence-electron chi connectivity index (χ4n) is 1.36. The predicted octanol–water partition coefficient (Wildman–Crippen LogP) is 2.64. The second-order valence-corrected chi connectivity index (χ2v) is 3.49. The number of aliphatic hydroxyl groups excluding tert-OH is 1. The molecule has 0 bridgehead atoms. The highest BCUT2D eigenvalue weighted by molar-refractivity contribution is 5.43. The molecule has 1 atom stereocenters. The first-order chi connectivity index (χ1) is 8.34. The molecule has 102 valence electrons. The minimum Gasteiger partial charge on any atom is -0.493 e. The number of methoxy groups -OCH3 is 2. The first-order valence-corrected chi connectivity index (χ1v) is 4.90. The maximum absolute atomic E-state index is 13.0. The summed E-state index contributed by atoms with van der Waals surface area (Å²) in [7, 11) is 2.60. The number of halogens is 4. The third-order valence-corrected chi connectivity index (χ3v) is 2.38. The zero-order chi connectivity index (χ0) is 13.9. The molecule has 0 saturated heterocycles. The van der Waals surface area contributed by atoms with Gasteiger partial charge in [-0.25, -0.2) is 8.78 Å². The molecular formula is C11H12F4O3. The normalized spacial score (nSPS) is 13.6. The van der Waals surface area contributed by atoms with Crippen LogP contribution < -0.4 is 9.47 Å². The van der Waals surface area contributed by atoms with Gasteiger partial charge in [0.05, 0.1) is 14.2 Å². The third-order valence-electron chi connectivity index (χ3n) is 2.38. The molecule has 1 rings (SSSR count). The number of alkyl halides is 4. The summed E-state index contributed by atoms with van der Waals surface area (Å²) < 4.78 is 59.9. The number of rotatable bonds is 5. The smallest absolute Gasteiger partial charge is 0.336 e. The molecule has 1 N–H and O–H groups in total. The molecule has 0 spiro atoms. The second kappa shape index (κ2) is 5.43. The van der Waals surface area contributed by atoms with Gasteiger partial charge in [-0.2, -0.15) is 8.78 Å². The Balaban J connectivity index is 3.11. The van der Waals surface area contributed by atoms with Crippen molar-refractivity contribution in [2.24, 2.45) is 0 Å². The lowest BCUT2D eigenvalue weighted by Gasteiger charge is -2.22. The minimum absolute atomic E-state index is 0.0686. The third kappa shape index (κ3) is 2.66.